The van der Waals surface area contributed by atoms with Crippen molar-refractivity contribution in [2.45, 2.75) is 19.4 Å². The van der Waals surface area contributed by atoms with Crippen LogP contribution in [0.25, 0.3) is 0 Å². The number of nitrogens with two attached hydrogens (primary N) is 1. The summed E-state index contributed by atoms with van der Waals surface area (Å²) in [7, 11) is 5.36. The molecule has 1 rings (SSSR count). The number of hydrogen-bond donors (Lipinski definition) is 1. The molecule has 0 saturated carbocycles. The van der Waals surface area contributed by atoms with Crippen LogP contribution in [0.15, 0.2) is 18.3 Å². The van der Waals surface area contributed by atoms with Crippen LogP contribution in [0.5, 0.6) is 0 Å². The van der Waals surface area contributed by atoms with Gasteiger partial charge in [-0.15, -0.1) is 0 Å². The Morgan fingerprint density at radius 2 is 2.05 bits per heavy atom. The van der Waals surface area contributed by atoms with E-state index >= 15 is 0 Å². The molecule has 1 atom stereocenters. The minimum atomic E-state index is -0.0575. The fourth-order valence-electron chi connectivity index (χ4n) is 1.63. The molecule has 0 aliphatic heterocycles. The second-order valence-corrected chi connectivity index (χ2v) is 5.26. The lowest BCUT2D eigenvalue weighted by Crippen LogP contribution is -2.33. The van der Waals surface area contributed by atoms with Crippen LogP contribution in [0.3, 0.4) is 0 Å². The zero-order valence-corrected chi connectivity index (χ0v) is 12.6. The summed E-state index contributed by atoms with van der Waals surface area (Å²) in [5, 5.41) is 0. The first-order valence-corrected chi connectivity index (χ1v) is 6.42. The average Bonchev–Trinajstić information content (AvgIpc) is 2.36. The first-order valence-electron chi connectivity index (χ1n) is 6.01. The van der Waals surface area contributed by atoms with Crippen LogP contribution in [0.4, 0.5) is 5.82 Å². The van der Waals surface area contributed by atoms with Crippen LogP contribution in [0.1, 0.15) is 23.7 Å². The predicted octanol–water partition coefficient (Wildman–Crippen LogP) is 1.28. The summed E-state index contributed by atoms with van der Waals surface area (Å²) in [6.07, 6.45) is 2.22. The van der Waals surface area contributed by atoms with Crippen molar-refractivity contribution in [3.8, 4) is 0 Å². The molecule has 1 aromatic rings. The molecule has 6 heteroatoms. The van der Waals surface area contributed by atoms with Crippen LogP contribution in [-0.2, 0) is 0 Å². The molecule has 5 nitrogen and oxygen atoms in total. The molecule has 0 radical (unpaired) electrons. The van der Waals surface area contributed by atoms with E-state index in [9.17, 15) is 4.79 Å². The number of rotatable bonds is 5. The molecule has 104 valence electrons. The molecular formula is C13H20N4OS. The second-order valence-electron chi connectivity index (χ2n) is 4.74. The van der Waals surface area contributed by atoms with Gasteiger partial charge in [0.25, 0.3) is 5.91 Å². The first-order chi connectivity index (χ1) is 8.82. The molecule has 1 heterocycles. The Morgan fingerprint density at radius 1 is 1.42 bits per heavy atom. The lowest BCUT2D eigenvalue weighted by atomic mass is 10.2. The molecule has 0 aliphatic rings. The highest BCUT2D eigenvalue weighted by Crippen LogP contribution is 2.14. The van der Waals surface area contributed by atoms with E-state index in [1.54, 1.807) is 26.4 Å². The van der Waals surface area contributed by atoms with E-state index in [2.05, 4.69) is 4.98 Å². The van der Waals surface area contributed by atoms with E-state index in [0.29, 0.717) is 17.0 Å². The molecule has 0 aromatic carbocycles. The number of aromatic nitrogens is 1. The van der Waals surface area contributed by atoms with Gasteiger partial charge in [-0.05, 0) is 19.1 Å². The summed E-state index contributed by atoms with van der Waals surface area (Å²) in [6.45, 7) is 2.03. The number of pyridine rings is 1. The molecule has 0 fully saturated rings. The van der Waals surface area contributed by atoms with E-state index in [4.69, 9.17) is 18.0 Å². The monoisotopic (exact) mass is 280 g/mol. The summed E-state index contributed by atoms with van der Waals surface area (Å²) in [5.74, 6) is 0.733. The highest BCUT2D eigenvalue weighted by molar-refractivity contribution is 7.80. The quantitative estimate of drug-likeness (QED) is 0.823. The second kappa shape index (κ2) is 6.47. The molecule has 0 bridgehead atoms. The van der Waals surface area contributed by atoms with Crippen molar-refractivity contribution in [3.05, 3.63) is 23.9 Å². The number of amides is 1. The third-order valence-corrected chi connectivity index (χ3v) is 3.09. The van der Waals surface area contributed by atoms with Crippen molar-refractivity contribution in [1.29, 1.82) is 0 Å². The van der Waals surface area contributed by atoms with Gasteiger partial charge in [0.15, 0.2) is 0 Å². The van der Waals surface area contributed by atoms with Crippen molar-refractivity contribution < 1.29 is 4.79 Å². The molecule has 1 amide bonds. The molecule has 19 heavy (non-hydrogen) atoms. The summed E-state index contributed by atoms with van der Waals surface area (Å²) in [6, 6.07) is 3.77. The first kappa shape index (κ1) is 15.4. The Kier molecular flexibility index (Phi) is 5.23. The van der Waals surface area contributed by atoms with E-state index < -0.39 is 0 Å². The van der Waals surface area contributed by atoms with Gasteiger partial charge >= 0.3 is 0 Å². The number of hydrogen-bond acceptors (Lipinski definition) is 4. The Balaban J connectivity index is 2.81. The SMILES string of the molecule is CC(CC(N)=S)N(C)c1ccc(C(=O)N(C)C)cn1. The van der Waals surface area contributed by atoms with E-state index in [0.717, 1.165) is 5.82 Å². The van der Waals surface area contributed by atoms with Crippen LogP contribution in [0.2, 0.25) is 0 Å². The number of thiocarbonyl (C=S) groups is 1. The average molecular weight is 280 g/mol. The maximum absolute atomic E-state index is 11.7. The smallest absolute Gasteiger partial charge is 0.254 e. The van der Waals surface area contributed by atoms with Crippen molar-refractivity contribution in [2.75, 3.05) is 26.0 Å². The Morgan fingerprint density at radius 3 is 2.47 bits per heavy atom. The van der Waals surface area contributed by atoms with E-state index in [1.807, 2.05) is 24.9 Å². The number of nitrogens with zero attached hydrogens (tertiary/aromatic N) is 3. The van der Waals surface area contributed by atoms with Gasteiger partial charge in [-0.1, -0.05) is 12.2 Å². The van der Waals surface area contributed by atoms with Crippen LogP contribution < -0.4 is 10.6 Å². The van der Waals surface area contributed by atoms with Gasteiger partial charge in [-0.2, -0.15) is 0 Å². The van der Waals surface area contributed by atoms with Gasteiger partial charge in [-0.25, -0.2) is 4.98 Å². The topological polar surface area (TPSA) is 62.5 Å². The summed E-state index contributed by atoms with van der Waals surface area (Å²) in [5.41, 5.74) is 6.11. The van der Waals surface area contributed by atoms with Crippen molar-refractivity contribution in [3.63, 3.8) is 0 Å². The molecule has 2 N–H and O–H groups in total. The predicted molar refractivity (Wildman–Crippen MR) is 81.5 cm³/mol. The molecule has 1 unspecified atom stereocenters. The van der Waals surface area contributed by atoms with Crippen LogP contribution >= 0.6 is 12.2 Å². The highest BCUT2D eigenvalue weighted by Gasteiger charge is 2.13. The normalized spacial score (nSPS) is 11.8. The molecule has 1 aromatic heterocycles. The summed E-state index contributed by atoms with van der Waals surface area (Å²) in [4.78, 5) is 20.0. The zero-order chi connectivity index (χ0) is 14.6. The van der Waals surface area contributed by atoms with Crippen LogP contribution in [-0.4, -0.2) is 48.0 Å². The summed E-state index contributed by atoms with van der Waals surface area (Å²) >= 11 is 4.91. The fourth-order valence-corrected chi connectivity index (χ4v) is 1.87. The van der Waals surface area contributed by atoms with Crippen LogP contribution in [0, 0.1) is 0 Å². The fraction of sp³-hybridized carbons (Fsp3) is 0.462. The maximum atomic E-state index is 11.7. The Hall–Kier alpha value is -1.69. The largest absolute Gasteiger partial charge is 0.393 e. The zero-order valence-electron chi connectivity index (χ0n) is 11.8. The van der Waals surface area contributed by atoms with Gasteiger partial charge < -0.3 is 15.5 Å². The number of carbonyl (C=O) groups excluding carboxylic acids is 1. The molecule has 0 saturated heterocycles. The van der Waals surface area contributed by atoms with E-state index in [1.165, 1.54) is 4.90 Å². The van der Waals surface area contributed by atoms with Crippen molar-refractivity contribution in [1.82, 2.24) is 9.88 Å². The van der Waals surface area contributed by atoms with Gasteiger partial charge in [0.05, 0.1) is 10.6 Å². The molecular weight excluding hydrogens is 260 g/mol. The van der Waals surface area contributed by atoms with Gasteiger partial charge in [-0.3, -0.25) is 4.79 Å². The minimum absolute atomic E-state index is 0.0575. The third kappa shape index (κ3) is 4.17. The van der Waals surface area contributed by atoms with Gasteiger partial charge in [0.2, 0.25) is 0 Å². The number of carbonyl (C=O) groups is 1. The number of anilines is 1. The Labute approximate surface area is 119 Å². The van der Waals surface area contributed by atoms with Crippen molar-refractivity contribution >= 4 is 28.9 Å². The Bertz CT molecular complexity index is 458. The highest BCUT2D eigenvalue weighted by atomic mass is 32.1. The minimum Gasteiger partial charge on any atom is -0.393 e. The van der Waals surface area contributed by atoms with Gasteiger partial charge in [0, 0.05) is 39.8 Å². The van der Waals surface area contributed by atoms with E-state index in [-0.39, 0.29) is 11.9 Å². The lowest BCUT2D eigenvalue weighted by molar-refractivity contribution is 0.0827. The third-order valence-electron chi connectivity index (χ3n) is 2.92. The molecule has 0 aliphatic carbocycles. The molecule has 0 spiro atoms. The maximum Gasteiger partial charge on any atom is 0.254 e. The lowest BCUT2D eigenvalue weighted by Gasteiger charge is -2.25. The standard InChI is InChI=1S/C13H20N4OS/c1-9(7-11(14)19)17(4)12-6-5-10(8-15-12)13(18)16(2)3/h5-6,8-9H,7H2,1-4H3,(H2,14,19). The van der Waals surface area contributed by atoms with Crippen molar-refractivity contribution in [2.24, 2.45) is 5.73 Å². The summed E-state index contributed by atoms with van der Waals surface area (Å²) < 4.78 is 0. The van der Waals surface area contributed by atoms with Gasteiger partial charge in [0.1, 0.15) is 5.82 Å².